The number of hydrogen-bond donors (Lipinski definition) is 1. The highest BCUT2D eigenvalue weighted by Crippen LogP contribution is 2.32. The topological polar surface area (TPSA) is 91.9 Å². The van der Waals surface area contributed by atoms with Gasteiger partial charge in [-0.2, -0.15) is 4.80 Å². The summed E-state index contributed by atoms with van der Waals surface area (Å²) in [4.78, 5) is 10.5. The molecular formula is C26H31N7O2. The maximum Gasteiger partial charge on any atom is 0.204 e. The molecule has 0 aliphatic carbocycles. The van der Waals surface area contributed by atoms with Gasteiger partial charge in [-0.05, 0) is 28.5 Å². The molecule has 9 heteroatoms. The second-order valence-electron chi connectivity index (χ2n) is 8.89. The fraction of sp³-hybridized carbons (Fsp3) is 0.385. The number of phenols is 1. The number of phenolic OH excluding ortho intramolecular Hbond substituents is 1. The molecule has 0 spiro atoms. The summed E-state index contributed by atoms with van der Waals surface area (Å²) in [6.45, 7) is 10.3. The fourth-order valence-corrected chi connectivity index (χ4v) is 4.46. The molecule has 182 valence electrons. The Morgan fingerprint density at radius 2 is 1.89 bits per heavy atom. The van der Waals surface area contributed by atoms with Crippen molar-refractivity contribution in [3.63, 3.8) is 0 Å². The van der Waals surface area contributed by atoms with Crippen LogP contribution in [0.5, 0.6) is 5.75 Å². The van der Waals surface area contributed by atoms with Gasteiger partial charge in [-0.25, -0.2) is 0 Å². The van der Waals surface area contributed by atoms with E-state index in [0.29, 0.717) is 25.6 Å². The Hall–Kier alpha value is -3.40. The van der Waals surface area contributed by atoms with Crippen LogP contribution < -0.4 is 0 Å². The molecule has 1 aromatic heterocycles. The molecule has 2 unspecified atom stereocenters. The molecule has 1 N–H and O–H groups in total. The summed E-state index contributed by atoms with van der Waals surface area (Å²) in [7, 11) is 0. The first-order chi connectivity index (χ1) is 17.2. The normalized spacial score (nSPS) is 19.0. The number of ether oxygens (including phenoxy) is 1. The van der Waals surface area contributed by atoms with Crippen LogP contribution >= 0.6 is 0 Å². The molecule has 5 rings (SSSR count). The fourth-order valence-electron chi connectivity index (χ4n) is 4.46. The molecule has 2 aliphatic rings. The molecule has 3 aromatic rings. The Morgan fingerprint density at radius 1 is 1.09 bits per heavy atom. The molecule has 9 nitrogen and oxygen atoms in total. The Kier molecular flexibility index (Phi) is 7.27. The highest BCUT2D eigenvalue weighted by Gasteiger charge is 2.26. The van der Waals surface area contributed by atoms with Crippen LogP contribution in [0.25, 0.3) is 11.4 Å². The zero-order chi connectivity index (χ0) is 24.0. The Balaban J connectivity index is 1.29. The molecule has 1 fully saturated rings. The lowest BCUT2D eigenvalue weighted by molar-refractivity contribution is 0.117. The average Bonchev–Trinajstić information content (AvgIpc) is 3.59. The molecule has 2 aromatic carbocycles. The molecule has 0 amide bonds. The molecule has 0 bridgehead atoms. The number of aromatic nitrogens is 4. The van der Waals surface area contributed by atoms with Crippen molar-refractivity contribution in [1.29, 1.82) is 0 Å². The van der Waals surface area contributed by atoms with Gasteiger partial charge >= 0.3 is 0 Å². The number of hydrogen-bond acceptors (Lipinski definition) is 8. The minimum Gasteiger partial charge on any atom is -0.508 e. The zero-order valence-electron chi connectivity index (χ0n) is 19.8. The second kappa shape index (κ2) is 10.9. The summed E-state index contributed by atoms with van der Waals surface area (Å²) < 4.78 is 5.56. The van der Waals surface area contributed by atoms with E-state index in [1.54, 1.807) is 10.9 Å². The monoisotopic (exact) mass is 473 g/mol. The van der Waals surface area contributed by atoms with Crippen molar-refractivity contribution in [1.82, 2.24) is 30.0 Å². The third-order valence-electron chi connectivity index (χ3n) is 6.37. The minimum atomic E-state index is 0.0540. The van der Waals surface area contributed by atoms with Crippen LogP contribution in [0.2, 0.25) is 0 Å². The number of aliphatic imine (C=N–C) groups is 1. The van der Waals surface area contributed by atoms with E-state index in [2.05, 4.69) is 55.0 Å². The summed E-state index contributed by atoms with van der Waals surface area (Å²) in [5.41, 5.74) is 3.16. The summed E-state index contributed by atoms with van der Waals surface area (Å²) in [5.74, 6) is 0.873. The van der Waals surface area contributed by atoms with Crippen LogP contribution in [-0.2, 0) is 11.3 Å². The van der Waals surface area contributed by atoms with Crippen molar-refractivity contribution < 1.29 is 9.84 Å². The highest BCUT2D eigenvalue weighted by atomic mass is 16.5. The summed E-state index contributed by atoms with van der Waals surface area (Å²) >= 11 is 0. The molecule has 0 saturated carbocycles. The zero-order valence-corrected chi connectivity index (χ0v) is 19.8. The van der Waals surface area contributed by atoms with Gasteiger partial charge in [0.1, 0.15) is 11.8 Å². The van der Waals surface area contributed by atoms with Crippen molar-refractivity contribution >= 4 is 6.21 Å². The van der Waals surface area contributed by atoms with E-state index < -0.39 is 0 Å². The van der Waals surface area contributed by atoms with Gasteiger partial charge in [-0.1, -0.05) is 42.5 Å². The van der Waals surface area contributed by atoms with Gasteiger partial charge in [-0.15, -0.1) is 16.8 Å². The number of aromatic hydroxyl groups is 1. The van der Waals surface area contributed by atoms with Gasteiger partial charge in [-0.3, -0.25) is 14.8 Å². The van der Waals surface area contributed by atoms with Crippen molar-refractivity contribution in [2.45, 2.75) is 18.6 Å². The first-order valence-electron chi connectivity index (χ1n) is 12.0. The second-order valence-corrected chi connectivity index (χ2v) is 8.89. The smallest absolute Gasteiger partial charge is 0.204 e. The van der Waals surface area contributed by atoms with Gasteiger partial charge in [0.2, 0.25) is 5.82 Å². The van der Waals surface area contributed by atoms with E-state index in [4.69, 9.17) is 4.74 Å². The quantitative estimate of drug-likeness (QED) is 0.338. The Bertz CT molecular complexity index is 1150. The van der Waals surface area contributed by atoms with Crippen LogP contribution in [0.3, 0.4) is 0 Å². The van der Waals surface area contributed by atoms with E-state index >= 15 is 0 Å². The summed E-state index contributed by atoms with van der Waals surface area (Å²) in [5, 5.41) is 23.0. The molecular weight excluding hydrogens is 442 g/mol. The Morgan fingerprint density at radius 3 is 2.60 bits per heavy atom. The standard InChI is InChI=1S/C26H31N7O2/c1-2-10-31-11-13-32(14-12-31)25(22-4-3-5-24(34)17-22)20-6-8-21(9-7-20)26-28-30-33(29-26)15-16-35-19-23-18-27-23/h2-9,17-18,23,25,34H,1,10-16,19H2. The first-order valence-corrected chi connectivity index (χ1v) is 12.0. The van der Waals surface area contributed by atoms with Crippen LogP contribution in [-0.4, -0.2) is 93.3 Å². The molecule has 35 heavy (non-hydrogen) atoms. The van der Waals surface area contributed by atoms with Crippen molar-refractivity contribution in [3.05, 3.63) is 72.3 Å². The first kappa shape index (κ1) is 23.3. The van der Waals surface area contributed by atoms with Gasteiger partial charge in [0.05, 0.1) is 25.8 Å². The molecule has 2 atom stereocenters. The third-order valence-corrected chi connectivity index (χ3v) is 6.37. The van der Waals surface area contributed by atoms with Gasteiger partial charge < -0.3 is 9.84 Å². The third kappa shape index (κ3) is 6.00. The maximum absolute atomic E-state index is 10.1. The van der Waals surface area contributed by atoms with Crippen molar-refractivity contribution in [3.8, 4) is 17.1 Å². The highest BCUT2D eigenvalue weighted by molar-refractivity contribution is 5.77. The van der Waals surface area contributed by atoms with Crippen molar-refractivity contribution in [2.24, 2.45) is 4.99 Å². The van der Waals surface area contributed by atoms with Gasteiger partial charge in [0.25, 0.3) is 0 Å². The number of tetrazole rings is 1. The Labute approximate surface area is 205 Å². The number of nitrogens with zero attached hydrogens (tertiary/aromatic N) is 7. The maximum atomic E-state index is 10.1. The van der Waals surface area contributed by atoms with E-state index in [1.807, 2.05) is 36.6 Å². The SMILES string of the molecule is C=CCN1CCN(C(c2ccc(-c3nnn(CCOCC4C=N4)n3)cc2)c2cccc(O)c2)CC1. The van der Waals surface area contributed by atoms with Crippen molar-refractivity contribution in [2.75, 3.05) is 45.9 Å². The molecule has 2 aliphatic heterocycles. The van der Waals surface area contributed by atoms with Crippen LogP contribution in [0, 0.1) is 0 Å². The summed E-state index contributed by atoms with van der Waals surface area (Å²) in [6, 6.07) is 16.2. The van der Waals surface area contributed by atoms with Gasteiger partial charge in [0, 0.05) is 44.5 Å². The van der Waals surface area contributed by atoms with E-state index in [-0.39, 0.29) is 17.8 Å². The number of rotatable bonds is 11. The summed E-state index contributed by atoms with van der Waals surface area (Å²) in [6.07, 6.45) is 3.84. The van der Waals surface area contributed by atoms with Crippen LogP contribution in [0.1, 0.15) is 17.2 Å². The van der Waals surface area contributed by atoms with Crippen LogP contribution in [0.4, 0.5) is 0 Å². The average molecular weight is 474 g/mol. The molecule has 3 heterocycles. The lowest BCUT2D eigenvalue weighted by Gasteiger charge is -2.39. The minimum absolute atomic E-state index is 0.0540. The van der Waals surface area contributed by atoms with Gasteiger partial charge in [0.15, 0.2) is 0 Å². The largest absolute Gasteiger partial charge is 0.508 e. The van der Waals surface area contributed by atoms with Crippen LogP contribution in [0.15, 0.2) is 66.2 Å². The predicted octanol–water partition coefficient (Wildman–Crippen LogP) is 2.41. The molecule has 1 saturated heterocycles. The lowest BCUT2D eigenvalue weighted by Crippen LogP contribution is -2.47. The molecule has 0 radical (unpaired) electrons. The number of benzene rings is 2. The van der Waals surface area contributed by atoms with E-state index in [9.17, 15) is 5.11 Å². The number of piperazine rings is 1. The van der Waals surface area contributed by atoms with E-state index in [0.717, 1.165) is 43.9 Å². The van der Waals surface area contributed by atoms with E-state index in [1.165, 1.54) is 5.56 Å². The predicted molar refractivity (Wildman–Crippen MR) is 135 cm³/mol. The lowest BCUT2D eigenvalue weighted by atomic mass is 9.95.